The number of hydrogen-bond acceptors (Lipinski definition) is 2. The highest BCUT2D eigenvalue weighted by atomic mass is 16.5. The Hall–Kier alpha value is -1.44. The molecule has 0 saturated heterocycles. The predicted molar refractivity (Wildman–Crippen MR) is 57.9 cm³/mol. The molecule has 0 fully saturated rings. The zero-order valence-electron chi connectivity index (χ0n) is 8.53. The molecule has 76 valence electrons. The van der Waals surface area contributed by atoms with Gasteiger partial charge >= 0.3 is 0 Å². The van der Waals surface area contributed by atoms with Crippen molar-refractivity contribution in [2.75, 3.05) is 13.7 Å². The minimum Gasteiger partial charge on any atom is -0.497 e. The Kier molecular flexibility index (Phi) is 4.62. The Labute approximate surface area is 85.2 Å². The molecule has 2 nitrogen and oxygen atoms in total. The summed E-state index contributed by atoms with van der Waals surface area (Å²) in [6.45, 7) is 4.38. The molecule has 0 atom stereocenters. The van der Waals surface area contributed by atoms with Crippen molar-refractivity contribution in [2.24, 2.45) is 0 Å². The van der Waals surface area contributed by atoms with Gasteiger partial charge in [0.1, 0.15) is 11.5 Å². The van der Waals surface area contributed by atoms with Gasteiger partial charge in [-0.15, -0.1) is 6.58 Å². The van der Waals surface area contributed by atoms with Crippen LogP contribution in [0.1, 0.15) is 12.8 Å². The molecule has 0 aromatic heterocycles. The van der Waals surface area contributed by atoms with Gasteiger partial charge in [0.2, 0.25) is 0 Å². The summed E-state index contributed by atoms with van der Waals surface area (Å²) >= 11 is 0. The van der Waals surface area contributed by atoms with Gasteiger partial charge in [-0.1, -0.05) is 12.1 Å². The summed E-state index contributed by atoms with van der Waals surface area (Å²) in [6.07, 6.45) is 3.89. The number of unbranched alkanes of at least 4 members (excludes halogenated alkanes) is 1. The number of rotatable bonds is 6. The van der Waals surface area contributed by atoms with Gasteiger partial charge in [0.05, 0.1) is 13.7 Å². The highest BCUT2D eigenvalue weighted by Crippen LogP contribution is 2.18. The number of allylic oxidation sites excluding steroid dienone is 1. The monoisotopic (exact) mass is 192 g/mol. The number of benzene rings is 1. The van der Waals surface area contributed by atoms with Crippen molar-refractivity contribution in [3.8, 4) is 11.5 Å². The molecule has 1 aromatic rings. The summed E-state index contributed by atoms with van der Waals surface area (Å²) in [6, 6.07) is 7.63. The molecule has 0 N–H and O–H groups in total. The molecule has 0 aliphatic carbocycles. The van der Waals surface area contributed by atoms with Crippen molar-refractivity contribution in [2.45, 2.75) is 12.8 Å². The van der Waals surface area contributed by atoms with Crippen LogP contribution in [0.15, 0.2) is 36.9 Å². The first-order valence-electron chi connectivity index (χ1n) is 4.74. The largest absolute Gasteiger partial charge is 0.497 e. The lowest BCUT2D eigenvalue weighted by Crippen LogP contribution is -1.96. The minimum absolute atomic E-state index is 0.721. The Morgan fingerprint density at radius 1 is 1.36 bits per heavy atom. The van der Waals surface area contributed by atoms with E-state index in [1.807, 2.05) is 30.3 Å². The van der Waals surface area contributed by atoms with Crippen LogP contribution in [0.3, 0.4) is 0 Å². The van der Waals surface area contributed by atoms with E-state index in [0.29, 0.717) is 0 Å². The third kappa shape index (κ3) is 3.52. The molecule has 0 aliphatic rings. The standard InChI is InChI=1S/C12H16O2/c1-3-4-5-9-14-12-8-6-7-11(10-12)13-2/h3,6-8,10H,1,4-5,9H2,2H3. The first-order chi connectivity index (χ1) is 6.86. The van der Waals surface area contributed by atoms with E-state index in [9.17, 15) is 0 Å². The first kappa shape index (κ1) is 10.6. The quantitative estimate of drug-likeness (QED) is 0.509. The summed E-state index contributed by atoms with van der Waals surface area (Å²) < 4.78 is 10.6. The molecule has 0 bridgehead atoms. The molecule has 0 saturated carbocycles. The third-order valence-corrected chi connectivity index (χ3v) is 1.86. The van der Waals surface area contributed by atoms with Gasteiger partial charge in [0.15, 0.2) is 0 Å². The van der Waals surface area contributed by atoms with Crippen LogP contribution in [0.5, 0.6) is 11.5 Å². The van der Waals surface area contributed by atoms with Crippen LogP contribution >= 0.6 is 0 Å². The van der Waals surface area contributed by atoms with E-state index in [4.69, 9.17) is 9.47 Å². The number of hydrogen-bond donors (Lipinski definition) is 0. The van der Waals surface area contributed by atoms with Crippen LogP contribution in [-0.2, 0) is 0 Å². The lowest BCUT2D eigenvalue weighted by Gasteiger charge is -2.06. The van der Waals surface area contributed by atoms with Gasteiger partial charge in [-0.05, 0) is 25.0 Å². The molecule has 0 aliphatic heterocycles. The van der Waals surface area contributed by atoms with E-state index in [1.54, 1.807) is 7.11 Å². The normalized spacial score (nSPS) is 9.50. The maximum absolute atomic E-state index is 5.52. The van der Waals surface area contributed by atoms with Crippen molar-refractivity contribution in [1.29, 1.82) is 0 Å². The highest BCUT2D eigenvalue weighted by Gasteiger charge is 1.95. The molecule has 14 heavy (non-hydrogen) atoms. The van der Waals surface area contributed by atoms with Crippen molar-refractivity contribution in [1.82, 2.24) is 0 Å². The van der Waals surface area contributed by atoms with E-state index in [2.05, 4.69) is 6.58 Å². The van der Waals surface area contributed by atoms with Crippen molar-refractivity contribution in [3.05, 3.63) is 36.9 Å². The van der Waals surface area contributed by atoms with Gasteiger partial charge < -0.3 is 9.47 Å². The Morgan fingerprint density at radius 2 is 2.14 bits per heavy atom. The van der Waals surface area contributed by atoms with E-state index < -0.39 is 0 Å². The second kappa shape index (κ2) is 6.08. The molecule has 1 rings (SSSR count). The summed E-state index contributed by atoms with van der Waals surface area (Å²) in [5.74, 6) is 1.68. The SMILES string of the molecule is C=CCCCOc1cccc(OC)c1. The number of methoxy groups -OCH3 is 1. The summed E-state index contributed by atoms with van der Waals surface area (Å²) in [5.41, 5.74) is 0. The third-order valence-electron chi connectivity index (χ3n) is 1.86. The first-order valence-corrected chi connectivity index (χ1v) is 4.74. The molecule has 0 heterocycles. The summed E-state index contributed by atoms with van der Waals surface area (Å²) in [7, 11) is 1.65. The van der Waals surface area contributed by atoms with Gasteiger partial charge in [-0.3, -0.25) is 0 Å². The fourth-order valence-corrected chi connectivity index (χ4v) is 1.11. The zero-order chi connectivity index (χ0) is 10.2. The molecule has 2 heteroatoms. The zero-order valence-corrected chi connectivity index (χ0v) is 8.53. The van der Waals surface area contributed by atoms with Crippen molar-refractivity contribution >= 4 is 0 Å². The van der Waals surface area contributed by atoms with Crippen LogP contribution < -0.4 is 9.47 Å². The van der Waals surface area contributed by atoms with Crippen molar-refractivity contribution in [3.63, 3.8) is 0 Å². The van der Waals surface area contributed by atoms with Crippen molar-refractivity contribution < 1.29 is 9.47 Å². The Balaban J connectivity index is 2.38. The minimum atomic E-state index is 0.721. The van der Waals surface area contributed by atoms with Crippen LogP contribution in [0.2, 0.25) is 0 Å². The maximum atomic E-state index is 5.52. The fraction of sp³-hybridized carbons (Fsp3) is 0.333. The average Bonchev–Trinajstić information content (AvgIpc) is 2.25. The smallest absolute Gasteiger partial charge is 0.122 e. The van der Waals surface area contributed by atoms with Crippen LogP contribution in [0.25, 0.3) is 0 Å². The predicted octanol–water partition coefficient (Wildman–Crippen LogP) is 3.04. The van der Waals surface area contributed by atoms with Gasteiger partial charge in [0.25, 0.3) is 0 Å². The second-order valence-corrected chi connectivity index (χ2v) is 2.96. The molecule has 0 spiro atoms. The lowest BCUT2D eigenvalue weighted by atomic mass is 10.3. The van der Waals surface area contributed by atoms with E-state index in [0.717, 1.165) is 30.9 Å². The van der Waals surface area contributed by atoms with Gasteiger partial charge in [-0.2, -0.15) is 0 Å². The highest BCUT2D eigenvalue weighted by molar-refractivity contribution is 5.32. The van der Waals surface area contributed by atoms with Gasteiger partial charge in [-0.25, -0.2) is 0 Å². The Morgan fingerprint density at radius 3 is 2.86 bits per heavy atom. The Bertz CT molecular complexity index is 281. The maximum Gasteiger partial charge on any atom is 0.122 e. The topological polar surface area (TPSA) is 18.5 Å². The van der Waals surface area contributed by atoms with Crippen LogP contribution in [-0.4, -0.2) is 13.7 Å². The molecule has 0 radical (unpaired) electrons. The average molecular weight is 192 g/mol. The van der Waals surface area contributed by atoms with E-state index in [-0.39, 0.29) is 0 Å². The molecular weight excluding hydrogens is 176 g/mol. The van der Waals surface area contributed by atoms with E-state index >= 15 is 0 Å². The van der Waals surface area contributed by atoms with Crippen LogP contribution in [0.4, 0.5) is 0 Å². The van der Waals surface area contributed by atoms with Gasteiger partial charge in [0, 0.05) is 6.07 Å². The van der Waals surface area contributed by atoms with E-state index in [1.165, 1.54) is 0 Å². The number of ether oxygens (including phenoxy) is 2. The van der Waals surface area contributed by atoms with Crippen LogP contribution in [0, 0.1) is 0 Å². The molecule has 1 aromatic carbocycles. The lowest BCUT2D eigenvalue weighted by molar-refractivity contribution is 0.309. The fourth-order valence-electron chi connectivity index (χ4n) is 1.11. The molecule has 0 amide bonds. The molecular formula is C12H16O2. The molecule has 0 unspecified atom stereocenters. The second-order valence-electron chi connectivity index (χ2n) is 2.96. The summed E-state index contributed by atoms with van der Waals surface area (Å²) in [5, 5.41) is 0. The summed E-state index contributed by atoms with van der Waals surface area (Å²) in [4.78, 5) is 0.